The van der Waals surface area contributed by atoms with Crippen molar-refractivity contribution in [3.8, 4) is 17.6 Å². The van der Waals surface area contributed by atoms with E-state index in [2.05, 4.69) is 10.6 Å². The van der Waals surface area contributed by atoms with Crippen LogP contribution in [0.3, 0.4) is 0 Å². The van der Waals surface area contributed by atoms with Gasteiger partial charge in [-0.2, -0.15) is 5.26 Å². The number of carbonyl (C=O) groups excluding carboxylic acids is 2. The Bertz CT molecular complexity index is 1380. The minimum Gasteiger partial charge on any atom is -0.490 e. The van der Waals surface area contributed by atoms with Crippen molar-refractivity contribution in [2.24, 2.45) is 0 Å². The molecule has 37 heavy (non-hydrogen) atoms. The number of carbonyl (C=O) groups is 2. The van der Waals surface area contributed by atoms with Gasteiger partial charge in [0, 0.05) is 16.4 Å². The lowest BCUT2D eigenvalue weighted by atomic mass is 10.1. The number of nitriles is 1. The van der Waals surface area contributed by atoms with Crippen LogP contribution in [0.1, 0.15) is 23.6 Å². The lowest BCUT2D eigenvalue weighted by Crippen LogP contribution is -2.21. The smallest absolute Gasteiger partial charge is 0.266 e. The molecule has 0 fully saturated rings. The van der Waals surface area contributed by atoms with E-state index in [-0.39, 0.29) is 34.6 Å². The number of rotatable bonds is 9. The van der Waals surface area contributed by atoms with Gasteiger partial charge in [0.1, 0.15) is 11.6 Å². The van der Waals surface area contributed by atoms with E-state index in [1.165, 1.54) is 12.1 Å². The molecule has 0 unspecified atom stereocenters. The Morgan fingerprint density at radius 2 is 1.73 bits per heavy atom. The van der Waals surface area contributed by atoms with E-state index in [9.17, 15) is 14.9 Å². The summed E-state index contributed by atoms with van der Waals surface area (Å²) in [4.78, 5) is 25.1. The fourth-order valence-electron chi connectivity index (χ4n) is 3.32. The van der Waals surface area contributed by atoms with Gasteiger partial charge in [0.05, 0.1) is 11.6 Å². The van der Waals surface area contributed by atoms with Gasteiger partial charge in [-0.3, -0.25) is 9.59 Å². The molecule has 2 amide bonds. The van der Waals surface area contributed by atoms with Gasteiger partial charge in [-0.1, -0.05) is 35.3 Å². The monoisotopic (exact) mass is 537 g/mol. The van der Waals surface area contributed by atoms with Crippen LogP contribution in [0.25, 0.3) is 6.08 Å². The maximum Gasteiger partial charge on any atom is 0.266 e. The average molecular weight is 538 g/mol. The molecule has 0 saturated heterocycles. The van der Waals surface area contributed by atoms with Crippen molar-refractivity contribution in [3.05, 3.63) is 86.9 Å². The third-order valence-corrected chi connectivity index (χ3v) is 5.66. The third kappa shape index (κ3) is 7.74. The summed E-state index contributed by atoms with van der Waals surface area (Å²) in [5.74, 6) is -0.499. The molecule has 7 nitrogen and oxygen atoms in total. The van der Waals surface area contributed by atoms with Crippen molar-refractivity contribution in [3.63, 3.8) is 0 Å². The fourth-order valence-corrected chi connectivity index (χ4v) is 3.72. The number of hydrogen-bond acceptors (Lipinski definition) is 5. The molecule has 0 aliphatic rings. The lowest BCUT2D eigenvalue weighted by Gasteiger charge is -2.15. The van der Waals surface area contributed by atoms with Crippen molar-refractivity contribution in [1.29, 1.82) is 5.26 Å². The molecule has 0 bridgehead atoms. The molecule has 2 N–H and O–H groups in total. The van der Waals surface area contributed by atoms with Crippen LogP contribution in [0.15, 0.2) is 60.2 Å². The molecular weight excluding hydrogens is 513 g/mol. The second-order valence-electron chi connectivity index (χ2n) is 8.05. The molecule has 3 aromatic rings. The second-order valence-corrected chi connectivity index (χ2v) is 8.89. The highest BCUT2D eigenvalue weighted by Gasteiger charge is 2.16. The molecule has 9 heteroatoms. The number of nitrogens with zero attached hydrogens (tertiary/aromatic N) is 1. The summed E-state index contributed by atoms with van der Waals surface area (Å²) in [6.45, 7) is 5.63. The highest BCUT2D eigenvalue weighted by Crippen LogP contribution is 2.37. The first-order valence-electron chi connectivity index (χ1n) is 11.3. The molecule has 3 aromatic carbocycles. The van der Waals surface area contributed by atoms with Crippen molar-refractivity contribution in [2.75, 3.05) is 23.8 Å². The second kappa shape index (κ2) is 12.8. The standard InChI is InChI=1S/C28H25Cl2N3O4/c1-4-36-25-14-19(12-20(15-31)28(35)32-22-9-7-21(29)8-10-22)13-23(30)27(25)37-16-26(34)33-24-11-17(2)5-6-18(24)3/h5-14H,4,16H2,1-3H3,(H,32,35)(H,33,34)/b20-12-. The normalized spacial score (nSPS) is 10.9. The Labute approximate surface area is 225 Å². The Morgan fingerprint density at radius 1 is 1.00 bits per heavy atom. The maximum absolute atomic E-state index is 12.6. The number of benzene rings is 3. The SMILES string of the molecule is CCOc1cc(/C=C(/C#N)C(=O)Nc2ccc(Cl)cc2)cc(Cl)c1OCC(=O)Nc1cc(C)ccc1C. The van der Waals surface area contributed by atoms with Crippen molar-refractivity contribution < 1.29 is 19.1 Å². The van der Waals surface area contributed by atoms with Gasteiger partial charge in [-0.15, -0.1) is 0 Å². The van der Waals surface area contributed by atoms with Gasteiger partial charge >= 0.3 is 0 Å². The first-order valence-corrected chi connectivity index (χ1v) is 12.1. The zero-order valence-electron chi connectivity index (χ0n) is 20.5. The molecule has 3 rings (SSSR count). The number of amides is 2. The predicted molar refractivity (Wildman–Crippen MR) is 146 cm³/mol. The van der Waals surface area contributed by atoms with Crippen molar-refractivity contribution >= 4 is 52.5 Å². The number of hydrogen-bond donors (Lipinski definition) is 2. The Morgan fingerprint density at radius 3 is 2.41 bits per heavy atom. The molecule has 0 saturated carbocycles. The third-order valence-electron chi connectivity index (χ3n) is 5.12. The summed E-state index contributed by atoms with van der Waals surface area (Å²) < 4.78 is 11.4. The largest absolute Gasteiger partial charge is 0.490 e. The van der Waals surface area contributed by atoms with Gasteiger partial charge in [-0.05, 0) is 86.0 Å². The van der Waals surface area contributed by atoms with Gasteiger partial charge in [0.15, 0.2) is 18.1 Å². The number of ether oxygens (including phenoxy) is 2. The zero-order valence-corrected chi connectivity index (χ0v) is 22.0. The molecule has 0 radical (unpaired) electrons. The summed E-state index contributed by atoms with van der Waals surface area (Å²) in [7, 11) is 0. The number of halogens is 2. The van der Waals surface area contributed by atoms with Crippen LogP contribution in [-0.4, -0.2) is 25.0 Å². The van der Waals surface area contributed by atoms with Crippen LogP contribution < -0.4 is 20.1 Å². The quantitative estimate of drug-likeness (QED) is 0.237. The highest BCUT2D eigenvalue weighted by atomic mass is 35.5. The maximum atomic E-state index is 12.6. The van der Waals surface area contributed by atoms with E-state index < -0.39 is 5.91 Å². The molecule has 0 spiro atoms. The van der Waals surface area contributed by atoms with Crippen LogP contribution in [0, 0.1) is 25.2 Å². The Kier molecular flexibility index (Phi) is 9.56. The first-order chi connectivity index (χ1) is 17.7. The van der Waals surface area contributed by atoms with Crippen LogP contribution in [-0.2, 0) is 9.59 Å². The van der Waals surface area contributed by atoms with E-state index >= 15 is 0 Å². The fraction of sp³-hybridized carbons (Fsp3) is 0.179. The van der Waals surface area contributed by atoms with Crippen molar-refractivity contribution in [2.45, 2.75) is 20.8 Å². The van der Waals surface area contributed by atoms with E-state index in [4.69, 9.17) is 32.7 Å². The molecule has 0 aliphatic heterocycles. The van der Waals surface area contributed by atoms with Gasteiger partial charge in [0.25, 0.3) is 11.8 Å². The summed E-state index contributed by atoms with van der Waals surface area (Å²) in [5.41, 5.74) is 3.44. The topological polar surface area (TPSA) is 100 Å². The lowest BCUT2D eigenvalue weighted by molar-refractivity contribution is -0.118. The number of anilines is 2. The van der Waals surface area contributed by atoms with E-state index in [0.717, 1.165) is 11.1 Å². The van der Waals surface area contributed by atoms with Crippen LogP contribution in [0.2, 0.25) is 10.0 Å². The molecule has 0 aromatic heterocycles. The van der Waals surface area contributed by atoms with Crippen molar-refractivity contribution in [1.82, 2.24) is 0 Å². The summed E-state index contributed by atoms with van der Waals surface area (Å²) in [5, 5.41) is 15.7. The Hall–Kier alpha value is -3.99. The van der Waals surface area contributed by atoms with E-state index in [1.807, 2.05) is 38.1 Å². The van der Waals surface area contributed by atoms with Crippen LogP contribution in [0.4, 0.5) is 11.4 Å². The minimum absolute atomic E-state index is 0.143. The summed E-state index contributed by atoms with van der Waals surface area (Å²) in [6.07, 6.45) is 1.39. The van der Waals surface area contributed by atoms with E-state index in [1.54, 1.807) is 37.3 Å². The van der Waals surface area contributed by atoms with E-state index in [0.29, 0.717) is 28.6 Å². The number of aryl methyl sites for hydroxylation is 2. The number of nitrogens with one attached hydrogen (secondary N) is 2. The molecular formula is C28H25Cl2N3O4. The molecule has 0 atom stereocenters. The van der Waals surface area contributed by atoms with Gasteiger partial charge < -0.3 is 20.1 Å². The zero-order chi connectivity index (χ0) is 26.9. The minimum atomic E-state index is -0.595. The molecule has 0 aliphatic carbocycles. The summed E-state index contributed by atoms with van der Waals surface area (Å²) >= 11 is 12.3. The molecule has 0 heterocycles. The average Bonchev–Trinajstić information content (AvgIpc) is 2.85. The van der Waals surface area contributed by atoms with Gasteiger partial charge in [-0.25, -0.2) is 0 Å². The van der Waals surface area contributed by atoms with Crippen LogP contribution in [0.5, 0.6) is 11.5 Å². The Balaban J connectivity index is 1.77. The van der Waals surface area contributed by atoms with Crippen LogP contribution >= 0.6 is 23.2 Å². The first kappa shape index (κ1) is 27.6. The predicted octanol–water partition coefficient (Wildman–Crippen LogP) is 6.57. The highest BCUT2D eigenvalue weighted by molar-refractivity contribution is 6.32. The summed E-state index contributed by atoms with van der Waals surface area (Å²) in [6, 6.07) is 17.3. The molecule has 190 valence electrons. The van der Waals surface area contributed by atoms with Gasteiger partial charge in [0.2, 0.25) is 0 Å².